The highest BCUT2D eigenvalue weighted by atomic mass is 35.5. The van der Waals surface area contributed by atoms with Gasteiger partial charge < -0.3 is 10.2 Å². The molecular weight excluding hydrogens is 507 g/mol. The third-order valence-corrected chi connectivity index (χ3v) is 8.32. The first-order chi connectivity index (χ1) is 16.5. The quantitative estimate of drug-likeness (QED) is 0.324. The Labute approximate surface area is 218 Å². The molecule has 1 saturated heterocycles. The van der Waals surface area contributed by atoms with Gasteiger partial charge in [-0.25, -0.2) is 0 Å². The number of nitrogens with zero attached hydrogens (tertiary/aromatic N) is 1. The molecule has 1 aliphatic rings. The molecule has 0 saturated carbocycles. The number of thioether (sulfide) groups is 2. The van der Waals surface area contributed by atoms with E-state index in [1.165, 1.54) is 0 Å². The normalized spacial score (nSPS) is 15.5. The Morgan fingerprint density at radius 2 is 1.76 bits per heavy atom. The fourth-order valence-electron chi connectivity index (χ4n) is 3.62. The highest BCUT2D eigenvalue weighted by Gasteiger charge is 2.32. The van der Waals surface area contributed by atoms with E-state index >= 15 is 0 Å². The Morgan fingerprint density at radius 1 is 1.03 bits per heavy atom. The first-order valence-electron chi connectivity index (χ1n) is 10.9. The Hall–Kier alpha value is -2.12. The number of halogens is 2. The number of carbonyl (C=O) groups excluding carboxylic acids is 2. The summed E-state index contributed by atoms with van der Waals surface area (Å²) in [5.41, 5.74) is 3.76. The molecule has 0 aliphatic carbocycles. The lowest BCUT2D eigenvalue weighted by molar-refractivity contribution is -0.128. The van der Waals surface area contributed by atoms with E-state index in [1.54, 1.807) is 23.5 Å². The third kappa shape index (κ3) is 6.51. The summed E-state index contributed by atoms with van der Waals surface area (Å²) in [7, 11) is 0. The molecule has 1 heterocycles. The van der Waals surface area contributed by atoms with Crippen molar-refractivity contribution < 1.29 is 9.59 Å². The molecule has 34 heavy (non-hydrogen) atoms. The summed E-state index contributed by atoms with van der Waals surface area (Å²) in [5.74, 6) is 2.08. The molecule has 0 unspecified atom stereocenters. The van der Waals surface area contributed by atoms with Crippen LogP contribution in [0.25, 0.3) is 0 Å². The van der Waals surface area contributed by atoms with Gasteiger partial charge >= 0.3 is 0 Å². The van der Waals surface area contributed by atoms with Crippen molar-refractivity contribution in [3.63, 3.8) is 0 Å². The molecule has 1 atom stereocenters. The molecule has 0 spiro atoms. The van der Waals surface area contributed by atoms with E-state index in [9.17, 15) is 9.59 Å². The molecule has 3 aromatic rings. The van der Waals surface area contributed by atoms with Gasteiger partial charge in [-0.05, 0) is 47.0 Å². The fraction of sp³-hybridized carbons (Fsp3) is 0.231. The number of nitrogens with one attached hydrogen (secondary N) is 1. The van der Waals surface area contributed by atoms with Gasteiger partial charge in [-0.2, -0.15) is 11.8 Å². The van der Waals surface area contributed by atoms with Gasteiger partial charge in [0.15, 0.2) is 0 Å². The minimum absolute atomic E-state index is 0.0681. The summed E-state index contributed by atoms with van der Waals surface area (Å²) < 4.78 is 0. The highest BCUT2D eigenvalue weighted by Crippen LogP contribution is 2.39. The monoisotopic (exact) mass is 530 g/mol. The van der Waals surface area contributed by atoms with E-state index in [2.05, 4.69) is 5.32 Å². The average Bonchev–Trinajstić information content (AvgIpc) is 3.21. The first-order valence-corrected chi connectivity index (χ1v) is 13.8. The number of benzene rings is 3. The summed E-state index contributed by atoms with van der Waals surface area (Å²) in [4.78, 5) is 26.9. The molecule has 3 aromatic carbocycles. The maximum Gasteiger partial charge on any atom is 0.251 e. The van der Waals surface area contributed by atoms with Crippen molar-refractivity contribution >= 4 is 58.5 Å². The van der Waals surface area contributed by atoms with Gasteiger partial charge in [-0.15, -0.1) is 11.8 Å². The molecule has 2 amide bonds. The maximum atomic E-state index is 12.5. The van der Waals surface area contributed by atoms with Crippen molar-refractivity contribution in [2.75, 3.05) is 18.1 Å². The van der Waals surface area contributed by atoms with Crippen molar-refractivity contribution in [1.82, 2.24) is 10.2 Å². The summed E-state index contributed by atoms with van der Waals surface area (Å²) in [6, 6.07) is 22.9. The van der Waals surface area contributed by atoms with Crippen LogP contribution in [0.2, 0.25) is 10.0 Å². The second kappa shape index (κ2) is 12.0. The van der Waals surface area contributed by atoms with Crippen LogP contribution in [-0.4, -0.2) is 34.8 Å². The van der Waals surface area contributed by atoms with Crippen molar-refractivity contribution in [1.29, 1.82) is 0 Å². The number of hydrogen-bond acceptors (Lipinski definition) is 4. The predicted molar refractivity (Wildman–Crippen MR) is 144 cm³/mol. The van der Waals surface area contributed by atoms with Crippen LogP contribution in [-0.2, 0) is 17.1 Å². The second-order valence-electron chi connectivity index (χ2n) is 7.83. The lowest BCUT2D eigenvalue weighted by atomic mass is 10.1. The van der Waals surface area contributed by atoms with Crippen molar-refractivity contribution in [3.05, 3.63) is 105 Å². The van der Waals surface area contributed by atoms with Gasteiger partial charge in [-0.3, -0.25) is 9.59 Å². The van der Waals surface area contributed by atoms with Gasteiger partial charge in [0.05, 0.1) is 5.75 Å². The zero-order valence-corrected chi connectivity index (χ0v) is 21.5. The van der Waals surface area contributed by atoms with Gasteiger partial charge in [0.1, 0.15) is 5.37 Å². The van der Waals surface area contributed by atoms with E-state index in [-0.39, 0.29) is 17.2 Å². The Kier molecular flexibility index (Phi) is 8.84. The van der Waals surface area contributed by atoms with Gasteiger partial charge in [0, 0.05) is 40.2 Å². The van der Waals surface area contributed by atoms with E-state index in [1.807, 2.05) is 77.7 Å². The lowest BCUT2D eigenvalue weighted by Gasteiger charge is -2.24. The van der Waals surface area contributed by atoms with Crippen molar-refractivity contribution in [2.24, 2.45) is 0 Å². The molecule has 176 valence electrons. The van der Waals surface area contributed by atoms with Crippen LogP contribution in [0.5, 0.6) is 0 Å². The second-order valence-corrected chi connectivity index (χ2v) is 10.9. The third-order valence-electron chi connectivity index (χ3n) is 5.44. The average molecular weight is 532 g/mol. The summed E-state index contributed by atoms with van der Waals surface area (Å²) in [5, 5.41) is 4.35. The minimum atomic E-state index is -0.0990. The van der Waals surface area contributed by atoms with Crippen molar-refractivity contribution in [3.8, 4) is 0 Å². The molecule has 8 heteroatoms. The zero-order chi connectivity index (χ0) is 23.9. The number of amides is 2. The van der Waals surface area contributed by atoms with Crippen LogP contribution >= 0.6 is 46.7 Å². The van der Waals surface area contributed by atoms with Crippen molar-refractivity contribution in [2.45, 2.75) is 17.7 Å². The largest absolute Gasteiger partial charge is 0.351 e. The molecule has 0 bridgehead atoms. The molecule has 1 fully saturated rings. The molecule has 4 rings (SSSR count). The molecule has 1 N–H and O–H groups in total. The van der Waals surface area contributed by atoms with Crippen LogP contribution in [0, 0.1) is 0 Å². The summed E-state index contributed by atoms with van der Waals surface area (Å²) in [6.45, 7) is 1.11. The SMILES string of the molecule is O=C(NCCSCc1ccccc1Cl)c1ccc([C@@H]2SCC(=O)N2Cc2ccc(Cl)cc2)cc1. The fourth-order valence-corrected chi connectivity index (χ4v) is 6.08. The van der Waals surface area contributed by atoms with Gasteiger partial charge in [-0.1, -0.05) is 65.7 Å². The molecular formula is C26H24Cl2N2O2S2. The van der Waals surface area contributed by atoms with Gasteiger partial charge in [0.25, 0.3) is 5.91 Å². The van der Waals surface area contributed by atoms with Crippen LogP contribution < -0.4 is 5.32 Å². The lowest BCUT2D eigenvalue weighted by Crippen LogP contribution is -2.28. The molecule has 1 aliphatic heterocycles. The summed E-state index contributed by atoms with van der Waals surface area (Å²) >= 11 is 15.5. The standard InChI is InChI=1S/C26H24Cl2N2O2S2/c27-22-11-5-18(6-12-22)15-30-24(31)17-34-26(30)20-9-7-19(8-10-20)25(32)29-13-14-33-16-21-3-1-2-4-23(21)28/h1-12,26H,13-17H2,(H,29,32)/t26-/m0/s1. The maximum absolute atomic E-state index is 12.5. The van der Waals surface area contributed by atoms with E-state index < -0.39 is 0 Å². The van der Waals surface area contributed by atoms with Crippen LogP contribution in [0.1, 0.15) is 32.4 Å². The van der Waals surface area contributed by atoms with E-state index in [0.717, 1.165) is 33.2 Å². The Balaban J connectivity index is 1.28. The van der Waals surface area contributed by atoms with Crippen LogP contribution in [0.15, 0.2) is 72.8 Å². The Bertz CT molecular complexity index is 1140. The first kappa shape index (κ1) is 25.0. The number of carbonyl (C=O) groups is 2. The predicted octanol–water partition coefficient (Wildman–Crippen LogP) is 6.43. The smallest absolute Gasteiger partial charge is 0.251 e. The van der Waals surface area contributed by atoms with E-state index in [4.69, 9.17) is 23.2 Å². The summed E-state index contributed by atoms with van der Waals surface area (Å²) in [6.07, 6.45) is 0. The molecule has 0 radical (unpaired) electrons. The van der Waals surface area contributed by atoms with Gasteiger partial charge in [0.2, 0.25) is 5.91 Å². The number of hydrogen-bond donors (Lipinski definition) is 1. The highest BCUT2D eigenvalue weighted by molar-refractivity contribution is 8.00. The minimum Gasteiger partial charge on any atom is -0.351 e. The van der Waals surface area contributed by atoms with Crippen LogP contribution in [0.4, 0.5) is 0 Å². The zero-order valence-electron chi connectivity index (χ0n) is 18.4. The number of rotatable bonds is 9. The molecule has 4 nitrogen and oxygen atoms in total. The van der Waals surface area contributed by atoms with E-state index in [0.29, 0.717) is 29.4 Å². The topological polar surface area (TPSA) is 49.4 Å². The molecule has 0 aromatic heterocycles. The Morgan fingerprint density at radius 3 is 2.50 bits per heavy atom. The van der Waals surface area contributed by atoms with Crippen LogP contribution in [0.3, 0.4) is 0 Å².